The fourth-order valence-corrected chi connectivity index (χ4v) is 3.80. The highest BCUT2D eigenvalue weighted by Crippen LogP contribution is 2.24. The van der Waals surface area contributed by atoms with Crippen molar-refractivity contribution < 1.29 is 4.79 Å². The number of carbonyl (C=O) groups is 1. The van der Waals surface area contributed by atoms with Crippen molar-refractivity contribution in [2.75, 3.05) is 31.6 Å². The first-order valence-corrected chi connectivity index (χ1v) is 8.48. The van der Waals surface area contributed by atoms with E-state index in [2.05, 4.69) is 34.1 Å². The van der Waals surface area contributed by atoms with Gasteiger partial charge in [0.15, 0.2) is 0 Å². The van der Waals surface area contributed by atoms with Crippen LogP contribution < -0.4 is 4.90 Å². The predicted molar refractivity (Wildman–Crippen MR) is 90.6 cm³/mol. The lowest BCUT2D eigenvalue weighted by atomic mass is 10.1. The molecule has 0 saturated carbocycles. The number of aromatic nitrogens is 1. The molecule has 1 aromatic carbocycles. The van der Waals surface area contributed by atoms with Crippen LogP contribution in [0.1, 0.15) is 21.8 Å². The quantitative estimate of drug-likeness (QED) is 0.870. The number of amides is 1. The van der Waals surface area contributed by atoms with E-state index in [1.165, 1.54) is 17.0 Å². The van der Waals surface area contributed by atoms with Crippen molar-refractivity contribution in [3.05, 3.63) is 46.4 Å². The molecule has 0 spiro atoms. The normalized spacial score (nSPS) is 17.7. The van der Waals surface area contributed by atoms with E-state index in [-0.39, 0.29) is 5.91 Å². The Morgan fingerprint density at radius 1 is 1.41 bits per heavy atom. The molecule has 1 aliphatic heterocycles. The lowest BCUT2D eigenvalue weighted by molar-refractivity contribution is 0.0780. The van der Waals surface area contributed by atoms with Crippen LogP contribution >= 0.6 is 11.3 Å². The molecule has 1 aliphatic rings. The Bertz CT molecular complexity index is 640. The van der Waals surface area contributed by atoms with Gasteiger partial charge in [0, 0.05) is 32.4 Å². The first kappa shape index (κ1) is 15.0. The third kappa shape index (κ3) is 3.14. The molecule has 0 unspecified atom stereocenters. The van der Waals surface area contributed by atoms with Gasteiger partial charge in [-0.2, -0.15) is 0 Å². The molecular weight excluding hydrogens is 294 g/mol. The molecule has 3 rings (SSSR count). The number of anilines is 1. The number of nitrogens with zero attached hydrogens (tertiary/aromatic N) is 3. The lowest BCUT2D eigenvalue weighted by Gasteiger charge is -2.22. The van der Waals surface area contributed by atoms with Gasteiger partial charge in [-0.3, -0.25) is 4.79 Å². The summed E-state index contributed by atoms with van der Waals surface area (Å²) >= 11 is 1.43. The zero-order chi connectivity index (χ0) is 15.5. The third-order valence-corrected chi connectivity index (χ3v) is 5.14. The number of rotatable bonds is 4. The second-order valence-electron chi connectivity index (χ2n) is 5.89. The van der Waals surface area contributed by atoms with Crippen molar-refractivity contribution in [2.24, 2.45) is 5.92 Å². The Labute approximate surface area is 135 Å². The van der Waals surface area contributed by atoms with Crippen LogP contribution in [0.2, 0.25) is 0 Å². The maximum absolute atomic E-state index is 12.4. The van der Waals surface area contributed by atoms with E-state index in [0.29, 0.717) is 5.92 Å². The maximum atomic E-state index is 12.4. The predicted octanol–water partition coefficient (Wildman–Crippen LogP) is 3.05. The lowest BCUT2D eigenvalue weighted by Crippen LogP contribution is -2.33. The molecule has 2 aromatic rings. The molecule has 1 fully saturated rings. The molecule has 1 atom stereocenters. The first-order valence-electron chi connectivity index (χ1n) is 7.60. The smallest absolute Gasteiger partial charge is 0.265 e. The molecule has 2 heterocycles. The molecule has 1 amide bonds. The van der Waals surface area contributed by atoms with Crippen molar-refractivity contribution >= 4 is 22.9 Å². The van der Waals surface area contributed by atoms with Crippen LogP contribution in [0, 0.1) is 12.8 Å². The van der Waals surface area contributed by atoms with Crippen molar-refractivity contribution in [3.63, 3.8) is 0 Å². The summed E-state index contributed by atoms with van der Waals surface area (Å²) in [6.07, 6.45) is 1.13. The van der Waals surface area contributed by atoms with Gasteiger partial charge < -0.3 is 9.80 Å². The summed E-state index contributed by atoms with van der Waals surface area (Å²) in [5, 5.41) is 0. The molecule has 22 heavy (non-hydrogen) atoms. The number of aryl methyl sites for hydroxylation is 1. The Morgan fingerprint density at radius 2 is 2.18 bits per heavy atom. The molecule has 5 heteroatoms. The van der Waals surface area contributed by atoms with Gasteiger partial charge in [-0.25, -0.2) is 4.98 Å². The van der Waals surface area contributed by atoms with E-state index >= 15 is 0 Å². The van der Waals surface area contributed by atoms with Gasteiger partial charge in [0.25, 0.3) is 5.91 Å². The topological polar surface area (TPSA) is 36.4 Å². The van der Waals surface area contributed by atoms with Crippen LogP contribution in [0.5, 0.6) is 0 Å². The number of carbonyl (C=O) groups excluding carboxylic acids is 1. The number of para-hydroxylation sites is 1. The van der Waals surface area contributed by atoms with Gasteiger partial charge in [-0.15, -0.1) is 11.3 Å². The molecule has 1 aromatic heterocycles. The van der Waals surface area contributed by atoms with Crippen LogP contribution in [0.25, 0.3) is 0 Å². The van der Waals surface area contributed by atoms with E-state index in [4.69, 9.17) is 0 Å². The minimum atomic E-state index is 0.0955. The Hall–Kier alpha value is -1.88. The summed E-state index contributed by atoms with van der Waals surface area (Å²) in [6, 6.07) is 10.5. The summed E-state index contributed by atoms with van der Waals surface area (Å²) in [4.78, 5) is 21.6. The standard InChI is InChI=1S/C17H21N3OS/c1-13-16(22-12-18-13)17(21)19(2)10-14-8-9-20(11-14)15-6-4-3-5-7-15/h3-7,12,14H,8-11H2,1-2H3/t14-/m0/s1. The van der Waals surface area contributed by atoms with E-state index in [0.717, 1.165) is 36.6 Å². The highest BCUT2D eigenvalue weighted by atomic mass is 32.1. The van der Waals surface area contributed by atoms with Crippen molar-refractivity contribution in [1.82, 2.24) is 9.88 Å². The van der Waals surface area contributed by atoms with E-state index in [1.54, 1.807) is 5.51 Å². The number of hydrogen-bond acceptors (Lipinski definition) is 4. The fraction of sp³-hybridized carbons (Fsp3) is 0.412. The van der Waals surface area contributed by atoms with Crippen molar-refractivity contribution in [2.45, 2.75) is 13.3 Å². The second-order valence-corrected chi connectivity index (χ2v) is 6.74. The van der Waals surface area contributed by atoms with Gasteiger partial charge in [-0.05, 0) is 31.4 Å². The second kappa shape index (κ2) is 6.48. The molecule has 0 aliphatic carbocycles. The summed E-state index contributed by atoms with van der Waals surface area (Å²) in [6.45, 7) is 4.78. The van der Waals surface area contributed by atoms with Gasteiger partial charge in [-0.1, -0.05) is 18.2 Å². The van der Waals surface area contributed by atoms with E-state index in [9.17, 15) is 4.79 Å². The molecule has 0 bridgehead atoms. The van der Waals surface area contributed by atoms with Gasteiger partial charge >= 0.3 is 0 Å². The highest BCUT2D eigenvalue weighted by molar-refractivity contribution is 7.11. The average Bonchev–Trinajstić information content (AvgIpc) is 3.16. The molecule has 0 N–H and O–H groups in total. The van der Waals surface area contributed by atoms with Gasteiger partial charge in [0.1, 0.15) is 4.88 Å². The van der Waals surface area contributed by atoms with Crippen LogP contribution in [0.15, 0.2) is 35.8 Å². The zero-order valence-corrected chi connectivity index (χ0v) is 13.8. The summed E-state index contributed by atoms with van der Waals surface area (Å²) in [7, 11) is 1.90. The Morgan fingerprint density at radius 3 is 2.86 bits per heavy atom. The maximum Gasteiger partial charge on any atom is 0.265 e. The monoisotopic (exact) mass is 315 g/mol. The summed E-state index contributed by atoms with van der Waals surface area (Å²) < 4.78 is 0. The SMILES string of the molecule is Cc1ncsc1C(=O)N(C)C[C@@H]1CCN(c2ccccc2)C1. The van der Waals surface area contributed by atoms with E-state index < -0.39 is 0 Å². The van der Waals surface area contributed by atoms with Crippen molar-refractivity contribution in [1.29, 1.82) is 0 Å². The molecule has 0 radical (unpaired) electrons. The minimum absolute atomic E-state index is 0.0955. The fourth-order valence-electron chi connectivity index (χ4n) is 3.01. The Kier molecular flexibility index (Phi) is 4.43. The molecular formula is C17H21N3OS. The van der Waals surface area contributed by atoms with Crippen LogP contribution in [-0.2, 0) is 0 Å². The average molecular weight is 315 g/mol. The van der Waals surface area contributed by atoms with Crippen LogP contribution in [-0.4, -0.2) is 42.5 Å². The molecule has 1 saturated heterocycles. The van der Waals surface area contributed by atoms with Gasteiger partial charge in [0.2, 0.25) is 0 Å². The summed E-state index contributed by atoms with van der Waals surface area (Å²) in [5.74, 6) is 0.626. The zero-order valence-electron chi connectivity index (χ0n) is 13.0. The Balaban J connectivity index is 1.58. The molecule has 116 valence electrons. The van der Waals surface area contributed by atoms with Gasteiger partial charge in [0.05, 0.1) is 11.2 Å². The first-order chi connectivity index (χ1) is 10.6. The number of hydrogen-bond donors (Lipinski definition) is 0. The van der Waals surface area contributed by atoms with E-state index in [1.807, 2.05) is 24.9 Å². The van der Waals surface area contributed by atoms with Crippen molar-refractivity contribution in [3.8, 4) is 0 Å². The number of benzene rings is 1. The minimum Gasteiger partial charge on any atom is -0.371 e. The largest absolute Gasteiger partial charge is 0.371 e. The van der Waals surface area contributed by atoms with Crippen LogP contribution in [0.4, 0.5) is 5.69 Å². The number of thiazole rings is 1. The van der Waals surface area contributed by atoms with Crippen LogP contribution in [0.3, 0.4) is 0 Å². The summed E-state index contributed by atoms with van der Waals surface area (Å²) in [5.41, 5.74) is 3.85. The molecule has 4 nitrogen and oxygen atoms in total. The third-order valence-electron chi connectivity index (χ3n) is 4.23. The highest BCUT2D eigenvalue weighted by Gasteiger charge is 2.26.